The molecule has 0 bridgehead atoms. The van der Waals surface area contributed by atoms with Gasteiger partial charge in [0.05, 0.1) is 12.0 Å². The highest BCUT2D eigenvalue weighted by Gasteiger charge is 2.06. The third-order valence-corrected chi connectivity index (χ3v) is 4.42. The van der Waals surface area contributed by atoms with Gasteiger partial charge in [0.25, 0.3) is 0 Å². The summed E-state index contributed by atoms with van der Waals surface area (Å²) in [5, 5.41) is 6.52. The van der Waals surface area contributed by atoms with Crippen molar-refractivity contribution in [2.45, 2.75) is 26.9 Å². The van der Waals surface area contributed by atoms with Crippen LogP contribution in [0.4, 0.5) is 4.39 Å². The summed E-state index contributed by atoms with van der Waals surface area (Å²) in [6.07, 6.45) is 4.92. The summed E-state index contributed by atoms with van der Waals surface area (Å²) < 4.78 is 16.0. The second kappa shape index (κ2) is 8.49. The maximum absolute atomic E-state index is 14.3. The second-order valence-electron chi connectivity index (χ2n) is 6.46. The van der Waals surface area contributed by atoms with Gasteiger partial charge in [-0.15, -0.1) is 0 Å². The van der Waals surface area contributed by atoms with E-state index < -0.39 is 0 Å². The third kappa shape index (κ3) is 4.73. The fraction of sp³-hybridized carbons (Fsp3) is 0.238. The zero-order valence-electron chi connectivity index (χ0n) is 15.8. The molecule has 0 aliphatic carbocycles. The first-order chi connectivity index (χ1) is 13.1. The maximum atomic E-state index is 14.3. The summed E-state index contributed by atoms with van der Waals surface area (Å²) in [5.41, 5.74) is 5.04. The van der Waals surface area contributed by atoms with Gasteiger partial charge in [0, 0.05) is 32.5 Å². The Balaban J connectivity index is 1.58. The zero-order chi connectivity index (χ0) is 19.2. The number of aromatic nitrogens is 2. The van der Waals surface area contributed by atoms with Crippen molar-refractivity contribution in [3.8, 4) is 5.69 Å². The van der Waals surface area contributed by atoms with Gasteiger partial charge in [-0.25, -0.2) is 9.37 Å². The average molecular weight is 365 g/mol. The SMILES string of the molecule is CN=C(NCc1ccc(-n2ccnc2)c(F)c1)NCc1ccc(C)cc1C. The van der Waals surface area contributed by atoms with Gasteiger partial charge in [-0.05, 0) is 42.7 Å². The van der Waals surface area contributed by atoms with E-state index in [1.54, 1.807) is 36.4 Å². The molecule has 0 fully saturated rings. The van der Waals surface area contributed by atoms with Crippen molar-refractivity contribution in [3.63, 3.8) is 0 Å². The lowest BCUT2D eigenvalue weighted by atomic mass is 10.1. The Kier molecular flexibility index (Phi) is 5.86. The Morgan fingerprint density at radius 3 is 2.59 bits per heavy atom. The molecule has 0 saturated heterocycles. The Bertz CT molecular complexity index is 932. The number of imidazole rings is 1. The molecule has 3 aromatic rings. The second-order valence-corrected chi connectivity index (χ2v) is 6.46. The minimum atomic E-state index is -0.287. The van der Waals surface area contributed by atoms with Crippen LogP contribution < -0.4 is 10.6 Å². The number of guanidine groups is 1. The molecule has 0 unspecified atom stereocenters. The van der Waals surface area contributed by atoms with Crippen LogP contribution in [0.5, 0.6) is 0 Å². The number of rotatable bonds is 5. The molecule has 0 aliphatic heterocycles. The van der Waals surface area contributed by atoms with Crippen molar-refractivity contribution in [2.75, 3.05) is 7.05 Å². The first-order valence-corrected chi connectivity index (χ1v) is 8.84. The van der Waals surface area contributed by atoms with Crippen molar-refractivity contribution in [2.24, 2.45) is 4.99 Å². The zero-order valence-corrected chi connectivity index (χ0v) is 15.8. The fourth-order valence-corrected chi connectivity index (χ4v) is 2.90. The predicted molar refractivity (Wildman–Crippen MR) is 106 cm³/mol. The molecular formula is C21H24FN5. The van der Waals surface area contributed by atoms with Crippen LogP contribution in [0.1, 0.15) is 22.3 Å². The van der Waals surface area contributed by atoms with Gasteiger partial charge >= 0.3 is 0 Å². The topological polar surface area (TPSA) is 54.2 Å². The summed E-state index contributed by atoms with van der Waals surface area (Å²) in [6.45, 7) is 5.35. The van der Waals surface area contributed by atoms with Gasteiger partial charge in [-0.1, -0.05) is 29.8 Å². The van der Waals surface area contributed by atoms with Crippen LogP contribution in [0.25, 0.3) is 5.69 Å². The largest absolute Gasteiger partial charge is 0.352 e. The summed E-state index contributed by atoms with van der Waals surface area (Å²) >= 11 is 0. The summed E-state index contributed by atoms with van der Waals surface area (Å²) in [7, 11) is 1.72. The van der Waals surface area contributed by atoms with Crippen LogP contribution >= 0.6 is 0 Å². The normalized spacial score (nSPS) is 11.5. The highest BCUT2D eigenvalue weighted by atomic mass is 19.1. The van der Waals surface area contributed by atoms with E-state index in [4.69, 9.17) is 0 Å². The van der Waals surface area contributed by atoms with Crippen molar-refractivity contribution >= 4 is 5.96 Å². The molecule has 1 aromatic heterocycles. The van der Waals surface area contributed by atoms with E-state index in [9.17, 15) is 4.39 Å². The van der Waals surface area contributed by atoms with Crippen LogP contribution in [-0.2, 0) is 13.1 Å². The third-order valence-electron chi connectivity index (χ3n) is 4.42. The molecule has 5 nitrogen and oxygen atoms in total. The first-order valence-electron chi connectivity index (χ1n) is 8.84. The van der Waals surface area contributed by atoms with Crippen LogP contribution in [0, 0.1) is 19.7 Å². The van der Waals surface area contributed by atoms with Gasteiger partial charge in [0.1, 0.15) is 5.82 Å². The fourth-order valence-electron chi connectivity index (χ4n) is 2.90. The van der Waals surface area contributed by atoms with E-state index in [0.29, 0.717) is 24.7 Å². The van der Waals surface area contributed by atoms with Gasteiger partial charge in [-0.2, -0.15) is 0 Å². The lowest BCUT2D eigenvalue weighted by molar-refractivity contribution is 0.615. The summed E-state index contributed by atoms with van der Waals surface area (Å²) in [6, 6.07) is 11.6. The standard InChI is InChI=1S/C21H24FN5/c1-15-4-6-18(16(2)10-15)13-26-21(23-3)25-12-17-5-7-20(19(22)11-17)27-9-8-24-14-27/h4-11,14H,12-13H2,1-3H3,(H2,23,25,26). The number of benzene rings is 2. The summed E-state index contributed by atoms with van der Waals surface area (Å²) in [5.74, 6) is 0.389. The molecule has 1 heterocycles. The Labute approximate surface area is 159 Å². The molecule has 0 amide bonds. The number of halogens is 1. The Morgan fingerprint density at radius 1 is 1.11 bits per heavy atom. The van der Waals surface area contributed by atoms with E-state index in [1.165, 1.54) is 22.8 Å². The number of aryl methyl sites for hydroxylation is 2. The first kappa shape index (κ1) is 18.6. The van der Waals surface area contributed by atoms with Crippen LogP contribution in [0.15, 0.2) is 60.1 Å². The number of nitrogens with one attached hydrogen (secondary N) is 2. The molecule has 2 N–H and O–H groups in total. The quantitative estimate of drug-likeness (QED) is 0.538. The molecule has 3 rings (SSSR count). The number of hydrogen-bond acceptors (Lipinski definition) is 2. The predicted octanol–water partition coefficient (Wildman–Crippen LogP) is 3.49. The molecule has 140 valence electrons. The summed E-state index contributed by atoms with van der Waals surface area (Å²) in [4.78, 5) is 8.18. The van der Waals surface area contributed by atoms with E-state index in [-0.39, 0.29) is 5.82 Å². The molecule has 27 heavy (non-hydrogen) atoms. The minimum absolute atomic E-state index is 0.287. The van der Waals surface area contributed by atoms with E-state index in [1.807, 2.05) is 6.07 Å². The van der Waals surface area contributed by atoms with Crippen LogP contribution in [0.3, 0.4) is 0 Å². The van der Waals surface area contributed by atoms with Gasteiger partial charge in [0.2, 0.25) is 0 Å². The molecule has 0 aliphatic rings. The maximum Gasteiger partial charge on any atom is 0.191 e. The lowest BCUT2D eigenvalue weighted by Gasteiger charge is -2.14. The smallest absolute Gasteiger partial charge is 0.191 e. The highest BCUT2D eigenvalue weighted by molar-refractivity contribution is 5.79. The Hall–Kier alpha value is -3.15. The van der Waals surface area contributed by atoms with E-state index in [0.717, 1.165) is 5.56 Å². The van der Waals surface area contributed by atoms with Crippen LogP contribution in [-0.4, -0.2) is 22.6 Å². The van der Waals surface area contributed by atoms with Gasteiger partial charge < -0.3 is 15.2 Å². The molecule has 2 aromatic carbocycles. The molecule has 6 heteroatoms. The number of aliphatic imine (C=N–C) groups is 1. The van der Waals surface area contributed by atoms with Crippen molar-refractivity contribution in [1.29, 1.82) is 0 Å². The van der Waals surface area contributed by atoms with Gasteiger partial charge in [-0.3, -0.25) is 4.99 Å². The van der Waals surface area contributed by atoms with E-state index in [2.05, 4.69) is 52.7 Å². The molecule has 0 atom stereocenters. The number of hydrogen-bond donors (Lipinski definition) is 2. The molecule has 0 spiro atoms. The molecule has 0 radical (unpaired) electrons. The minimum Gasteiger partial charge on any atom is -0.352 e. The highest BCUT2D eigenvalue weighted by Crippen LogP contribution is 2.15. The lowest BCUT2D eigenvalue weighted by Crippen LogP contribution is -2.36. The van der Waals surface area contributed by atoms with Crippen molar-refractivity contribution < 1.29 is 4.39 Å². The van der Waals surface area contributed by atoms with E-state index >= 15 is 0 Å². The van der Waals surface area contributed by atoms with Crippen molar-refractivity contribution in [1.82, 2.24) is 20.2 Å². The molecule has 0 saturated carbocycles. The van der Waals surface area contributed by atoms with Crippen molar-refractivity contribution in [3.05, 3.63) is 83.2 Å². The van der Waals surface area contributed by atoms with Gasteiger partial charge in [0.15, 0.2) is 5.96 Å². The Morgan fingerprint density at radius 2 is 1.93 bits per heavy atom. The molecular weight excluding hydrogens is 341 g/mol. The average Bonchev–Trinajstić information content (AvgIpc) is 3.17. The number of nitrogens with zero attached hydrogens (tertiary/aromatic N) is 3. The monoisotopic (exact) mass is 365 g/mol. The van der Waals surface area contributed by atoms with Crippen LogP contribution in [0.2, 0.25) is 0 Å².